The van der Waals surface area contributed by atoms with Gasteiger partial charge in [0.15, 0.2) is 0 Å². The number of sulfonamides is 1. The lowest BCUT2D eigenvalue weighted by Crippen LogP contribution is -2.35. The molecule has 0 N–H and O–H groups in total. The number of rotatable bonds is 5. The zero-order valence-electron chi connectivity index (χ0n) is 19.8. The molecule has 0 aromatic heterocycles. The number of likely N-dealkylation sites (tertiary alicyclic amines) is 1. The van der Waals surface area contributed by atoms with E-state index >= 15 is 0 Å². The maximum absolute atomic E-state index is 14.0. The Hall–Kier alpha value is -2.68. The van der Waals surface area contributed by atoms with E-state index in [-0.39, 0.29) is 29.7 Å². The first kappa shape index (κ1) is 24.0. The van der Waals surface area contributed by atoms with Gasteiger partial charge in [0, 0.05) is 31.0 Å². The Morgan fingerprint density at radius 3 is 2.37 bits per heavy atom. The molecule has 2 aromatic carbocycles. The van der Waals surface area contributed by atoms with Crippen LogP contribution in [0.2, 0.25) is 5.02 Å². The summed E-state index contributed by atoms with van der Waals surface area (Å²) in [6.07, 6.45) is 0.263. The summed E-state index contributed by atoms with van der Waals surface area (Å²) in [5.41, 5.74) is 2.31. The number of ether oxygens (including phenoxy) is 1. The number of benzene rings is 2. The van der Waals surface area contributed by atoms with Crippen LogP contribution >= 0.6 is 11.6 Å². The number of hydrogen-bond donors (Lipinski definition) is 0. The van der Waals surface area contributed by atoms with Crippen molar-refractivity contribution in [2.75, 3.05) is 20.2 Å². The van der Waals surface area contributed by atoms with E-state index in [1.165, 1.54) is 16.3 Å². The zero-order chi connectivity index (χ0) is 25.1. The predicted molar refractivity (Wildman–Crippen MR) is 131 cm³/mol. The molecule has 2 aromatic rings. The molecule has 35 heavy (non-hydrogen) atoms. The largest absolute Gasteiger partial charge is 0.498 e. The lowest BCUT2D eigenvalue weighted by atomic mass is 9.71. The van der Waals surface area contributed by atoms with E-state index in [2.05, 4.69) is 0 Å². The molecule has 1 aliphatic carbocycles. The topological polar surface area (TPSA) is 84.0 Å². The van der Waals surface area contributed by atoms with Crippen molar-refractivity contribution < 1.29 is 22.7 Å². The van der Waals surface area contributed by atoms with Gasteiger partial charge in [-0.3, -0.25) is 14.5 Å². The molecule has 2 saturated heterocycles. The summed E-state index contributed by atoms with van der Waals surface area (Å²) in [6.45, 7) is 4.17. The highest BCUT2D eigenvalue weighted by Gasteiger charge is 2.60. The van der Waals surface area contributed by atoms with Crippen molar-refractivity contribution in [1.29, 1.82) is 0 Å². The molecule has 0 spiro atoms. The van der Waals surface area contributed by atoms with Crippen molar-refractivity contribution in [2.24, 2.45) is 17.8 Å². The van der Waals surface area contributed by atoms with Gasteiger partial charge in [-0.2, -0.15) is 4.31 Å². The summed E-state index contributed by atoms with van der Waals surface area (Å²) >= 11 is 6.61. The number of carbonyl (C=O) groups is 2. The number of hydrogen-bond acceptors (Lipinski definition) is 5. The first-order chi connectivity index (χ1) is 16.7. The Kier molecular flexibility index (Phi) is 6.02. The molecular weight excluding hydrogens is 488 g/mol. The third kappa shape index (κ3) is 3.70. The van der Waals surface area contributed by atoms with Gasteiger partial charge < -0.3 is 4.74 Å². The highest BCUT2D eigenvalue weighted by molar-refractivity contribution is 7.89. The van der Waals surface area contributed by atoms with Gasteiger partial charge in [-0.25, -0.2) is 8.42 Å². The van der Waals surface area contributed by atoms with Crippen molar-refractivity contribution in [3.05, 3.63) is 76.0 Å². The summed E-state index contributed by atoms with van der Waals surface area (Å²) in [6, 6.07) is 13.1. The quantitative estimate of drug-likeness (QED) is 0.564. The van der Waals surface area contributed by atoms with Crippen molar-refractivity contribution in [1.82, 2.24) is 9.21 Å². The molecular formula is C26H27ClN2O5S. The molecule has 2 aliphatic heterocycles. The minimum Gasteiger partial charge on any atom is -0.498 e. The molecule has 2 amide bonds. The fourth-order valence-corrected chi connectivity index (χ4v) is 7.58. The van der Waals surface area contributed by atoms with E-state index in [0.717, 1.165) is 11.1 Å². The molecule has 184 valence electrons. The Labute approximate surface area is 210 Å². The molecule has 0 bridgehead atoms. The Morgan fingerprint density at radius 1 is 1.03 bits per heavy atom. The maximum Gasteiger partial charge on any atom is 0.243 e. The van der Waals surface area contributed by atoms with Crippen molar-refractivity contribution >= 4 is 33.4 Å². The van der Waals surface area contributed by atoms with Gasteiger partial charge in [0.05, 0.1) is 35.1 Å². The number of aryl methyl sites for hydroxylation is 1. The highest BCUT2D eigenvalue weighted by atomic mass is 35.5. The van der Waals surface area contributed by atoms with Gasteiger partial charge >= 0.3 is 0 Å². The van der Waals surface area contributed by atoms with Gasteiger partial charge in [0.25, 0.3) is 0 Å². The van der Waals surface area contributed by atoms with E-state index in [4.69, 9.17) is 16.3 Å². The number of fused-ring (bicyclic) bond motifs is 3. The van der Waals surface area contributed by atoms with Gasteiger partial charge in [0.1, 0.15) is 0 Å². The molecule has 7 nitrogen and oxygen atoms in total. The first-order valence-corrected chi connectivity index (χ1v) is 13.5. The summed E-state index contributed by atoms with van der Waals surface area (Å²) in [5.74, 6) is -1.61. The number of halogens is 1. The Bertz CT molecular complexity index is 1340. The second kappa shape index (κ2) is 8.76. The number of amides is 2. The lowest BCUT2D eigenvalue weighted by Gasteiger charge is -2.32. The van der Waals surface area contributed by atoms with Crippen molar-refractivity contribution in [2.45, 2.75) is 31.2 Å². The second-order valence-corrected chi connectivity index (χ2v) is 11.6. The van der Waals surface area contributed by atoms with Crippen LogP contribution < -0.4 is 0 Å². The van der Waals surface area contributed by atoms with Crippen LogP contribution in [0, 0.1) is 24.7 Å². The monoisotopic (exact) mass is 514 g/mol. The normalized spacial score (nSPS) is 26.8. The summed E-state index contributed by atoms with van der Waals surface area (Å²) < 4.78 is 35.5. The minimum atomic E-state index is -3.96. The number of carbonyl (C=O) groups excluding carboxylic acids is 2. The molecule has 0 unspecified atom stereocenters. The average Bonchev–Trinajstić information content (AvgIpc) is 3.33. The number of imide groups is 1. The van der Waals surface area contributed by atoms with Crippen LogP contribution in [0.1, 0.15) is 30.5 Å². The molecule has 0 saturated carbocycles. The van der Waals surface area contributed by atoms with Crippen molar-refractivity contribution in [3.8, 4) is 0 Å². The molecule has 4 atom stereocenters. The van der Waals surface area contributed by atoms with E-state index in [1.807, 2.05) is 26.0 Å². The van der Waals surface area contributed by atoms with Gasteiger partial charge in [-0.15, -0.1) is 0 Å². The number of nitrogens with zero attached hydrogens (tertiary/aromatic N) is 2. The second-order valence-electron chi connectivity index (χ2n) is 9.30. The molecule has 3 aliphatic rings. The van der Waals surface area contributed by atoms with E-state index in [0.29, 0.717) is 23.0 Å². The third-order valence-corrected chi connectivity index (χ3v) is 9.55. The van der Waals surface area contributed by atoms with E-state index in [1.54, 1.807) is 36.4 Å². The van der Waals surface area contributed by atoms with Crippen LogP contribution in [0.5, 0.6) is 0 Å². The zero-order valence-corrected chi connectivity index (χ0v) is 21.3. The van der Waals surface area contributed by atoms with Crippen LogP contribution in [0.4, 0.5) is 0 Å². The number of allylic oxidation sites excluding steroid dienone is 1. The fourth-order valence-electron chi connectivity index (χ4n) is 5.73. The highest BCUT2D eigenvalue weighted by Crippen LogP contribution is 2.55. The Balaban J connectivity index is 1.73. The maximum atomic E-state index is 14.0. The molecule has 0 radical (unpaired) electrons. The fraction of sp³-hybridized carbons (Fsp3) is 0.385. The summed E-state index contributed by atoms with van der Waals surface area (Å²) in [4.78, 5) is 27.4. The summed E-state index contributed by atoms with van der Waals surface area (Å²) in [5, 5.41) is 0.429. The van der Waals surface area contributed by atoms with Crippen molar-refractivity contribution in [3.63, 3.8) is 0 Å². The van der Waals surface area contributed by atoms with Crippen LogP contribution in [-0.2, 0) is 24.3 Å². The molecule has 5 rings (SSSR count). The third-order valence-electron chi connectivity index (χ3n) is 7.36. The summed E-state index contributed by atoms with van der Waals surface area (Å²) in [7, 11) is -2.47. The molecule has 2 heterocycles. The lowest BCUT2D eigenvalue weighted by molar-refractivity contribution is -0.138. The van der Waals surface area contributed by atoms with Crippen LogP contribution in [0.25, 0.3) is 0 Å². The van der Waals surface area contributed by atoms with E-state index < -0.39 is 33.8 Å². The van der Waals surface area contributed by atoms with Gasteiger partial charge in [-0.1, -0.05) is 47.5 Å². The van der Waals surface area contributed by atoms with E-state index in [9.17, 15) is 18.0 Å². The van der Waals surface area contributed by atoms with Crippen LogP contribution in [0.3, 0.4) is 0 Å². The standard InChI is InChI=1S/C26H27ClN2O5S/c1-4-34-21-13-18-22(26(31)28(3)25(18)30)19-14-29(35(32,33)16-11-9-15(2)10-12-16)24(23(19)21)17-7-5-6-8-20(17)27/h5-12,18-19,22,24H,4,13-14H2,1-3H3/t18-,19-,22-,24-/m0/s1. The SMILES string of the molecule is CCOC1=C2[C@@H](CN(S(=O)(=O)c3ccc(C)cc3)[C@H]2c2ccccc2Cl)[C@H]2C(=O)N(C)C(=O)[C@H]2C1. The predicted octanol–water partition coefficient (Wildman–Crippen LogP) is 3.94. The van der Waals surface area contributed by atoms with Crippen LogP contribution in [0.15, 0.2) is 64.8 Å². The van der Waals surface area contributed by atoms with Gasteiger partial charge in [-0.05, 0) is 43.2 Å². The first-order valence-electron chi connectivity index (χ1n) is 11.7. The smallest absolute Gasteiger partial charge is 0.243 e. The molecule has 2 fully saturated rings. The molecule has 9 heteroatoms. The Morgan fingerprint density at radius 2 is 1.71 bits per heavy atom. The van der Waals surface area contributed by atoms with Gasteiger partial charge in [0.2, 0.25) is 21.8 Å². The minimum absolute atomic E-state index is 0.0615. The van der Waals surface area contributed by atoms with Crippen LogP contribution in [-0.4, -0.2) is 49.6 Å². The average molecular weight is 515 g/mol.